The molecule has 4 heteroatoms. The highest BCUT2D eigenvalue weighted by molar-refractivity contribution is 5.93. The predicted molar refractivity (Wildman–Crippen MR) is 63.5 cm³/mol. The maximum absolute atomic E-state index is 11.9. The lowest BCUT2D eigenvalue weighted by molar-refractivity contribution is 0.0787. The Kier molecular flexibility index (Phi) is 4.28. The Morgan fingerprint density at radius 2 is 2.19 bits per heavy atom. The van der Waals surface area contributed by atoms with Gasteiger partial charge >= 0.3 is 0 Å². The second kappa shape index (κ2) is 5.49. The van der Waals surface area contributed by atoms with E-state index in [9.17, 15) is 9.59 Å². The maximum Gasteiger partial charge on any atom is 0.259 e. The average molecular weight is 222 g/mol. The number of aromatic amines is 1. The van der Waals surface area contributed by atoms with Crippen molar-refractivity contribution < 1.29 is 4.79 Å². The van der Waals surface area contributed by atoms with Crippen molar-refractivity contribution in [1.82, 2.24) is 9.88 Å². The van der Waals surface area contributed by atoms with E-state index in [0.717, 1.165) is 6.42 Å². The van der Waals surface area contributed by atoms with Gasteiger partial charge in [0.05, 0.1) is 0 Å². The minimum absolute atomic E-state index is 0.203. The van der Waals surface area contributed by atoms with E-state index in [0.29, 0.717) is 12.5 Å². The summed E-state index contributed by atoms with van der Waals surface area (Å²) in [6.07, 6.45) is 3.91. The number of aromatic nitrogens is 1. The topological polar surface area (TPSA) is 53.2 Å². The van der Waals surface area contributed by atoms with E-state index in [1.807, 2.05) is 0 Å². The van der Waals surface area contributed by atoms with Gasteiger partial charge in [0.25, 0.3) is 5.91 Å². The monoisotopic (exact) mass is 222 g/mol. The van der Waals surface area contributed by atoms with Gasteiger partial charge in [-0.05, 0) is 12.3 Å². The smallest absolute Gasteiger partial charge is 0.259 e. The zero-order valence-electron chi connectivity index (χ0n) is 9.99. The largest absolute Gasteiger partial charge is 0.367 e. The van der Waals surface area contributed by atoms with Crippen molar-refractivity contribution >= 4 is 5.91 Å². The fraction of sp³-hybridized carbons (Fsp3) is 0.500. The summed E-state index contributed by atoms with van der Waals surface area (Å²) in [6.45, 7) is 4.88. The summed E-state index contributed by atoms with van der Waals surface area (Å²) in [4.78, 5) is 27.7. The van der Waals surface area contributed by atoms with Crippen molar-refractivity contribution in [3.05, 3.63) is 34.2 Å². The van der Waals surface area contributed by atoms with Crippen LogP contribution < -0.4 is 5.43 Å². The molecule has 1 aromatic rings. The highest BCUT2D eigenvalue weighted by Gasteiger charge is 2.14. The van der Waals surface area contributed by atoms with E-state index in [1.54, 1.807) is 11.9 Å². The first kappa shape index (κ1) is 12.5. The number of amides is 1. The van der Waals surface area contributed by atoms with Gasteiger partial charge in [-0.15, -0.1) is 0 Å². The molecule has 0 aliphatic rings. The predicted octanol–water partition coefficient (Wildman–Crippen LogP) is 1.49. The van der Waals surface area contributed by atoms with Gasteiger partial charge in [-0.3, -0.25) is 9.59 Å². The van der Waals surface area contributed by atoms with Crippen molar-refractivity contribution in [2.24, 2.45) is 5.92 Å². The van der Waals surface area contributed by atoms with Crippen LogP contribution in [0.3, 0.4) is 0 Å². The number of nitrogens with zero attached hydrogens (tertiary/aromatic N) is 1. The van der Waals surface area contributed by atoms with Gasteiger partial charge < -0.3 is 9.88 Å². The van der Waals surface area contributed by atoms with Crippen LogP contribution in [0.25, 0.3) is 0 Å². The number of carbonyl (C=O) groups is 1. The minimum Gasteiger partial charge on any atom is -0.367 e. The van der Waals surface area contributed by atoms with E-state index in [-0.39, 0.29) is 16.9 Å². The fourth-order valence-corrected chi connectivity index (χ4v) is 1.34. The molecule has 0 fully saturated rings. The Labute approximate surface area is 95.3 Å². The van der Waals surface area contributed by atoms with Gasteiger partial charge in [0.1, 0.15) is 5.56 Å². The summed E-state index contributed by atoms with van der Waals surface area (Å²) in [5, 5.41) is 0. The summed E-state index contributed by atoms with van der Waals surface area (Å²) in [5.41, 5.74) is -0.0334. The fourth-order valence-electron chi connectivity index (χ4n) is 1.34. The van der Waals surface area contributed by atoms with Crippen LogP contribution in [-0.2, 0) is 0 Å². The molecule has 0 aromatic carbocycles. The summed E-state index contributed by atoms with van der Waals surface area (Å²) in [6, 6.07) is 1.36. The molecular weight excluding hydrogens is 204 g/mol. The molecule has 88 valence electrons. The Hall–Kier alpha value is -1.58. The molecule has 0 radical (unpaired) electrons. The Morgan fingerprint density at radius 1 is 1.50 bits per heavy atom. The molecule has 0 unspecified atom stereocenters. The van der Waals surface area contributed by atoms with Crippen molar-refractivity contribution in [3.63, 3.8) is 0 Å². The van der Waals surface area contributed by atoms with Crippen molar-refractivity contribution in [1.29, 1.82) is 0 Å². The van der Waals surface area contributed by atoms with Gasteiger partial charge in [-0.25, -0.2) is 0 Å². The zero-order valence-corrected chi connectivity index (χ0v) is 9.99. The molecule has 1 heterocycles. The van der Waals surface area contributed by atoms with E-state index >= 15 is 0 Å². The van der Waals surface area contributed by atoms with Crippen LogP contribution >= 0.6 is 0 Å². The second-order valence-corrected chi connectivity index (χ2v) is 4.33. The van der Waals surface area contributed by atoms with E-state index in [1.165, 1.54) is 18.5 Å². The SMILES string of the molecule is CC(C)CCN(C)C(=O)c1c[nH]ccc1=O. The quantitative estimate of drug-likeness (QED) is 0.839. The Balaban J connectivity index is 2.71. The summed E-state index contributed by atoms with van der Waals surface area (Å²) >= 11 is 0. The molecule has 0 bridgehead atoms. The van der Waals surface area contributed by atoms with Crippen LogP contribution in [0.5, 0.6) is 0 Å². The molecule has 0 aliphatic heterocycles. The van der Waals surface area contributed by atoms with Gasteiger partial charge in [0, 0.05) is 32.1 Å². The van der Waals surface area contributed by atoms with Crippen LogP contribution in [0.1, 0.15) is 30.6 Å². The minimum atomic E-state index is -0.236. The highest BCUT2D eigenvalue weighted by atomic mass is 16.2. The maximum atomic E-state index is 11.9. The van der Waals surface area contributed by atoms with E-state index in [2.05, 4.69) is 18.8 Å². The summed E-state index contributed by atoms with van der Waals surface area (Å²) < 4.78 is 0. The zero-order chi connectivity index (χ0) is 12.1. The molecule has 0 saturated heterocycles. The standard InChI is InChI=1S/C12H18N2O2/c1-9(2)5-7-14(3)12(16)10-8-13-6-4-11(10)15/h4,6,8-9H,5,7H2,1-3H3,(H,13,15). The number of hydrogen-bond donors (Lipinski definition) is 1. The number of hydrogen-bond acceptors (Lipinski definition) is 2. The third-order valence-electron chi connectivity index (χ3n) is 2.44. The second-order valence-electron chi connectivity index (χ2n) is 4.33. The van der Waals surface area contributed by atoms with Crippen LogP contribution in [0, 0.1) is 5.92 Å². The van der Waals surface area contributed by atoms with Gasteiger partial charge in [0.2, 0.25) is 0 Å². The molecule has 1 N–H and O–H groups in total. The Bertz CT molecular complexity index is 409. The molecule has 4 nitrogen and oxygen atoms in total. The van der Waals surface area contributed by atoms with Crippen molar-refractivity contribution in [2.45, 2.75) is 20.3 Å². The first-order valence-corrected chi connectivity index (χ1v) is 5.45. The molecular formula is C12H18N2O2. The van der Waals surface area contributed by atoms with Gasteiger partial charge in [0.15, 0.2) is 5.43 Å². The van der Waals surface area contributed by atoms with Crippen LogP contribution in [0.15, 0.2) is 23.3 Å². The Morgan fingerprint density at radius 3 is 2.75 bits per heavy atom. The number of rotatable bonds is 4. The third-order valence-corrected chi connectivity index (χ3v) is 2.44. The molecule has 0 aliphatic carbocycles. The van der Waals surface area contributed by atoms with E-state index in [4.69, 9.17) is 0 Å². The highest BCUT2D eigenvalue weighted by Crippen LogP contribution is 2.03. The lowest BCUT2D eigenvalue weighted by Crippen LogP contribution is -2.32. The molecule has 1 rings (SSSR count). The van der Waals surface area contributed by atoms with Gasteiger partial charge in [-0.1, -0.05) is 13.8 Å². The number of nitrogens with one attached hydrogen (secondary N) is 1. The lowest BCUT2D eigenvalue weighted by Gasteiger charge is -2.17. The lowest BCUT2D eigenvalue weighted by atomic mass is 10.1. The molecule has 1 aromatic heterocycles. The van der Waals surface area contributed by atoms with E-state index < -0.39 is 0 Å². The van der Waals surface area contributed by atoms with Gasteiger partial charge in [-0.2, -0.15) is 0 Å². The summed E-state index contributed by atoms with van der Waals surface area (Å²) in [7, 11) is 1.72. The number of H-pyrrole nitrogens is 1. The number of pyridine rings is 1. The molecule has 0 atom stereocenters. The molecule has 0 saturated carbocycles. The molecule has 1 amide bonds. The first-order valence-electron chi connectivity index (χ1n) is 5.45. The summed E-state index contributed by atoms with van der Waals surface area (Å²) in [5.74, 6) is 0.326. The first-order chi connectivity index (χ1) is 7.52. The van der Waals surface area contributed by atoms with Crippen molar-refractivity contribution in [3.8, 4) is 0 Å². The third kappa shape index (κ3) is 3.22. The molecule has 16 heavy (non-hydrogen) atoms. The molecule has 0 spiro atoms. The normalized spacial score (nSPS) is 10.5. The van der Waals surface area contributed by atoms with Crippen LogP contribution in [0.2, 0.25) is 0 Å². The van der Waals surface area contributed by atoms with Crippen LogP contribution in [0.4, 0.5) is 0 Å². The van der Waals surface area contributed by atoms with Crippen molar-refractivity contribution in [2.75, 3.05) is 13.6 Å². The average Bonchev–Trinajstić information content (AvgIpc) is 2.25. The van der Waals surface area contributed by atoms with Crippen LogP contribution in [-0.4, -0.2) is 29.4 Å². The number of carbonyl (C=O) groups excluding carboxylic acids is 1.